The molecule has 0 bridgehead atoms. The Hall–Kier alpha value is 1.77. The van der Waals surface area contributed by atoms with Gasteiger partial charge in [-0.25, -0.2) is 0 Å². The third-order valence-electron chi connectivity index (χ3n) is 0. The Morgan fingerprint density at radius 3 is 1.25 bits per heavy atom. The molecule has 0 fully saturated rings. The normalized spacial score (nSPS) is 4.50. The van der Waals surface area contributed by atoms with Crippen LogP contribution in [0, 0.1) is 40.4 Å². The van der Waals surface area contributed by atoms with E-state index in [2.05, 4.69) is 13.3 Å². The van der Waals surface area contributed by atoms with Crippen LogP contribution in [0.2, 0.25) is 0 Å². The average Bonchev–Trinajstić information content (AvgIpc) is 0.918. The van der Waals surface area contributed by atoms with Gasteiger partial charge in [0.05, 0.1) is 0 Å². The molecule has 4 heavy (non-hydrogen) atoms. The summed E-state index contributed by atoms with van der Waals surface area (Å²) in [5, 5.41) is 0. The van der Waals surface area contributed by atoms with Crippen molar-refractivity contribution in [2.24, 2.45) is 0 Å². The minimum Gasteiger partial charge on any atom is -0.129 e. The SMILES string of the molecule is CPC.[Sm]. The molecule has 0 heterocycles. The van der Waals surface area contributed by atoms with E-state index in [0.717, 1.165) is 8.58 Å². The summed E-state index contributed by atoms with van der Waals surface area (Å²) in [6.07, 6.45) is 0. The number of hydrogen-bond acceptors (Lipinski definition) is 0. The van der Waals surface area contributed by atoms with Gasteiger partial charge in [-0.05, 0) is 13.3 Å². The number of hydrogen-bond donors (Lipinski definition) is 0. The molecule has 0 unspecified atom stereocenters. The first-order chi connectivity index (χ1) is 1.41. The maximum atomic E-state index is 2.15. The fourth-order valence-corrected chi connectivity index (χ4v) is 0. The van der Waals surface area contributed by atoms with Crippen molar-refractivity contribution in [3.8, 4) is 0 Å². The minimum absolute atomic E-state index is 0. The van der Waals surface area contributed by atoms with Crippen molar-refractivity contribution < 1.29 is 40.4 Å². The quantitative estimate of drug-likeness (QED) is 0.524. The van der Waals surface area contributed by atoms with Crippen molar-refractivity contribution in [3.63, 3.8) is 0 Å². The van der Waals surface area contributed by atoms with E-state index in [9.17, 15) is 0 Å². The van der Waals surface area contributed by atoms with E-state index in [1.165, 1.54) is 0 Å². The van der Waals surface area contributed by atoms with Crippen molar-refractivity contribution in [1.29, 1.82) is 0 Å². The molecule has 0 aliphatic rings. The van der Waals surface area contributed by atoms with Gasteiger partial charge in [-0.2, -0.15) is 0 Å². The zero-order valence-electron chi connectivity index (χ0n) is 2.91. The van der Waals surface area contributed by atoms with Crippen molar-refractivity contribution >= 4 is 8.58 Å². The molecule has 0 aromatic heterocycles. The summed E-state index contributed by atoms with van der Waals surface area (Å²) in [7, 11) is 1.08. The van der Waals surface area contributed by atoms with E-state index in [4.69, 9.17) is 0 Å². The van der Waals surface area contributed by atoms with Crippen LogP contribution in [0.1, 0.15) is 0 Å². The van der Waals surface area contributed by atoms with Crippen molar-refractivity contribution in [2.75, 3.05) is 13.3 Å². The van der Waals surface area contributed by atoms with Crippen LogP contribution in [0.25, 0.3) is 0 Å². The van der Waals surface area contributed by atoms with Gasteiger partial charge < -0.3 is 0 Å². The van der Waals surface area contributed by atoms with E-state index in [0.29, 0.717) is 0 Å². The van der Waals surface area contributed by atoms with Crippen LogP contribution in [0.4, 0.5) is 0 Å². The molecule has 0 aromatic rings. The van der Waals surface area contributed by atoms with Crippen LogP contribution >= 0.6 is 8.58 Å². The van der Waals surface area contributed by atoms with E-state index in [-0.39, 0.29) is 40.4 Å². The molecule has 0 aromatic carbocycles. The Balaban J connectivity index is 0. The van der Waals surface area contributed by atoms with Gasteiger partial charge in [0.2, 0.25) is 0 Å². The van der Waals surface area contributed by atoms with Gasteiger partial charge in [0.25, 0.3) is 0 Å². The molecule has 0 spiro atoms. The fourth-order valence-electron chi connectivity index (χ4n) is 0. The molecule has 0 saturated carbocycles. The summed E-state index contributed by atoms with van der Waals surface area (Å²) in [4.78, 5) is 0. The fraction of sp³-hybridized carbons (Fsp3) is 1.00. The van der Waals surface area contributed by atoms with Gasteiger partial charge in [0, 0.05) is 40.4 Å². The molecule has 0 atom stereocenters. The first-order valence-electron chi connectivity index (χ1n) is 1.00. The smallest absolute Gasteiger partial charge is 0 e. The van der Waals surface area contributed by atoms with Gasteiger partial charge in [0.15, 0.2) is 0 Å². The zero-order valence-corrected chi connectivity index (χ0v) is 6.53. The zero-order chi connectivity index (χ0) is 2.71. The minimum atomic E-state index is 0. The Morgan fingerprint density at radius 2 is 1.25 bits per heavy atom. The van der Waals surface area contributed by atoms with Crippen LogP contribution in [-0.2, 0) is 0 Å². The van der Waals surface area contributed by atoms with Gasteiger partial charge in [-0.3, -0.25) is 0 Å². The van der Waals surface area contributed by atoms with Gasteiger partial charge >= 0.3 is 0 Å². The first kappa shape index (κ1) is 9.24. The summed E-state index contributed by atoms with van der Waals surface area (Å²) in [6.45, 7) is 4.31. The largest absolute Gasteiger partial charge is 0.129 e. The van der Waals surface area contributed by atoms with E-state index in [1.807, 2.05) is 0 Å². The number of rotatable bonds is 0. The summed E-state index contributed by atoms with van der Waals surface area (Å²) < 4.78 is 0. The monoisotopic (exact) mass is 214 g/mol. The molecule has 2 heteroatoms. The summed E-state index contributed by atoms with van der Waals surface area (Å²) in [6, 6.07) is 0. The molecule has 0 aliphatic heterocycles. The summed E-state index contributed by atoms with van der Waals surface area (Å²) >= 11 is 0. The van der Waals surface area contributed by atoms with Gasteiger partial charge in [-0.15, -0.1) is 8.58 Å². The van der Waals surface area contributed by atoms with Crippen LogP contribution in [0.15, 0.2) is 0 Å². The molecule has 0 aliphatic carbocycles. The second kappa shape index (κ2) is 8.84. The molecular weight excluding hydrogens is 205 g/mol. The Morgan fingerprint density at radius 1 is 1.25 bits per heavy atom. The Labute approximate surface area is 61.6 Å². The third kappa shape index (κ3) is 9.24. The summed E-state index contributed by atoms with van der Waals surface area (Å²) in [5.74, 6) is 0. The molecule has 0 nitrogen and oxygen atoms in total. The average molecular weight is 212 g/mol. The molecule has 0 saturated heterocycles. The van der Waals surface area contributed by atoms with Crippen LogP contribution in [0.5, 0.6) is 0 Å². The molecule has 0 rings (SSSR count). The van der Waals surface area contributed by atoms with Crippen molar-refractivity contribution in [2.45, 2.75) is 0 Å². The molecular formula is C2H7PSm. The van der Waals surface area contributed by atoms with Gasteiger partial charge in [0.1, 0.15) is 0 Å². The standard InChI is InChI=1S/C2H7P.Sm/c1-3-2;/h3H,1-2H3;. The molecule has 0 radical (unpaired) electrons. The van der Waals surface area contributed by atoms with E-state index < -0.39 is 0 Å². The topological polar surface area (TPSA) is 0 Å². The van der Waals surface area contributed by atoms with E-state index >= 15 is 0 Å². The molecule has 0 N–H and O–H groups in total. The third-order valence-corrected chi connectivity index (χ3v) is 0. The second-order valence-electron chi connectivity index (χ2n) is 0.500. The Bertz CT molecular complexity index is 6.00. The van der Waals surface area contributed by atoms with Crippen LogP contribution in [-0.4, -0.2) is 13.3 Å². The van der Waals surface area contributed by atoms with Crippen LogP contribution in [0.3, 0.4) is 0 Å². The molecule has 0 amide bonds. The predicted molar refractivity (Wildman–Crippen MR) is 20.2 cm³/mol. The van der Waals surface area contributed by atoms with Gasteiger partial charge in [-0.1, -0.05) is 0 Å². The second-order valence-corrected chi connectivity index (χ2v) is 1.50. The maximum Gasteiger partial charge on any atom is 0 e. The first-order valence-corrected chi connectivity index (χ1v) is 3.00. The maximum absolute atomic E-state index is 2.15. The molecule has 26 valence electrons. The Kier molecular flexibility index (Phi) is 20.4. The van der Waals surface area contributed by atoms with Crippen molar-refractivity contribution in [3.05, 3.63) is 0 Å². The summed E-state index contributed by atoms with van der Waals surface area (Å²) in [5.41, 5.74) is 0. The van der Waals surface area contributed by atoms with Crippen LogP contribution < -0.4 is 0 Å². The van der Waals surface area contributed by atoms with E-state index in [1.54, 1.807) is 0 Å². The van der Waals surface area contributed by atoms with Crippen molar-refractivity contribution in [1.82, 2.24) is 0 Å². The predicted octanol–water partition coefficient (Wildman–Crippen LogP) is 0.924.